The molecule has 0 aromatic heterocycles. The summed E-state index contributed by atoms with van der Waals surface area (Å²) in [4.78, 5) is 11.8. The lowest BCUT2D eigenvalue weighted by Gasteiger charge is -2.08. The van der Waals surface area contributed by atoms with Crippen molar-refractivity contribution >= 4 is 22.2 Å². The average molecular weight is 762 g/mol. The summed E-state index contributed by atoms with van der Waals surface area (Å²) in [6, 6.07) is 51.3. The summed E-state index contributed by atoms with van der Waals surface area (Å²) in [5.41, 5.74) is 6.55. The van der Waals surface area contributed by atoms with E-state index >= 15 is 0 Å². The smallest absolute Gasteiger partial charge is 0.261 e. The van der Waals surface area contributed by atoms with E-state index in [2.05, 4.69) is 125 Å². The van der Waals surface area contributed by atoms with Crippen molar-refractivity contribution in [1.82, 2.24) is 0 Å². The molecule has 0 heterocycles. The van der Waals surface area contributed by atoms with Gasteiger partial charge in [-0.05, 0) is 60.1 Å². The number of amides is 1. The first kappa shape index (κ1) is 58.8. The molecule has 0 fully saturated rings. The SMILES string of the molecule is C.CC.CC.CC.CCc1ccccc1.CCc1ccccc1.CCc1ccccc1.CCc1ccccc1.CN(C=O)c1ccccc1.CS(=O)(=O)O. The maximum atomic E-state index is 10.2. The first-order valence-electron chi connectivity index (χ1n) is 18.9. The molecule has 0 saturated carbocycles. The number of hydrogen-bond donors (Lipinski definition) is 1. The topological polar surface area (TPSA) is 74.7 Å². The molecule has 0 aliphatic carbocycles. The van der Waals surface area contributed by atoms with Gasteiger partial charge in [0.25, 0.3) is 10.1 Å². The Hall–Kier alpha value is -4.52. The van der Waals surface area contributed by atoms with E-state index in [1.165, 1.54) is 27.2 Å². The molecule has 5 nitrogen and oxygen atoms in total. The summed E-state index contributed by atoms with van der Waals surface area (Å²) in [7, 11) is -1.94. The third-order valence-electron chi connectivity index (χ3n) is 6.33. The van der Waals surface area contributed by atoms with Crippen molar-refractivity contribution in [1.29, 1.82) is 0 Å². The molecule has 1 amide bonds. The monoisotopic (exact) mass is 762 g/mol. The van der Waals surface area contributed by atoms with Crippen LogP contribution in [0.3, 0.4) is 0 Å². The summed E-state index contributed by atoms with van der Waals surface area (Å²) in [5, 5.41) is 0. The standard InChI is InChI=1S/C8H9NO.4C8H10.3C2H6.CH4O3S.CH4/c1-9(7-10)8-5-3-2-4-6-8;4*1-2-8-6-4-3-5-7-8;3*1-2;1-5(2,3)4;/h2-7H,1H3;4*3-7H,2H2,1H3;3*1-2H3;1H3,(H,2,3,4);1H4. The van der Waals surface area contributed by atoms with Gasteiger partial charge in [-0.3, -0.25) is 9.35 Å². The fourth-order valence-electron chi connectivity index (χ4n) is 3.58. The normalized spacial score (nSPS) is 8.46. The van der Waals surface area contributed by atoms with Crippen molar-refractivity contribution in [2.24, 2.45) is 0 Å². The Labute approximate surface area is 333 Å². The van der Waals surface area contributed by atoms with Gasteiger partial charge in [0.15, 0.2) is 0 Å². The molecule has 1 N–H and O–H groups in total. The lowest BCUT2D eigenvalue weighted by Crippen LogP contribution is -2.12. The van der Waals surface area contributed by atoms with Crippen LogP contribution in [-0.4, -0.2) is 32.7 Å². The second-order valence-electron chi connectivity index (χ2n) is 10.1. The number of rotatable bonds is 6. The summed E-state index contributed by atoms with van der Waals surface area (Å²) >= 11 is 0. The highest BCUT2D eigenvalue weighted by Gasteiger charge is 1.93. The molecule has 0 saturated heterocycles. The van der Waals surface area contributed by atoms with Crippen molar-refractivity contribution in [3.8, 4) is 0 Å². The molecule has 0 bridgehead atoms. The van der Waals surface area contributed by atoms with E-state index in [4.69, 9.17) is 4.55 Å². The van der Waals surface area contributed by atoms with Gasteiger partial charge >= 0.3 is 0 Å². The van der Waals surface area contributed by atoms with E-state index in [-0.39, 0.29) is 7.43 Å². The molecule has 0 aliphatic rings. The number of nitrogens with zero attached hydrogens (tertiary/aromatic N) is 1. The number of anilines is 1. The van der Waals surface area contributed by atoms with Gasteiger partial charge in [-0.1, -0.05) is 216 Å². The van der Waals surface area contributed by atoms with E-state index in [0.717, 1.165) is 37.8 Å². The van der Waals surface area contributed by atoms with Crippen LogP contribution in [0.5, 0.6) is 0 Å². The molecule has 0 unspecified atom stereocenters. The van der Waals surface area contributed by atoms with Crippen LogP contribution in [0.1, 0.15) is 98.9 Å². The van der Waals surface area contributed by atoms with E-state index in [9.17, 15) is 13.2 Å². The first-order valence-corrected chi connectivity index (χ1v) is 20.7. The molecule has 54 heavy (non-hydrogen) atoms. The summed E-state index contributed by atoms with van der Waals surface area (Å²) in [6.07, 6.45) is 6.06. The van der Waals surface area contributed by atoms with Crippen LogP contribution in [-0.2, 0) is 40.6 Å². The van der Waals surface area contributed by atoms with Crippen molar-refractivity contribution in [3.63, 3.8) is 0 Å². The van der Waals surface area contributed by atoms with Crippen LogP contribution in [0.15, 0.2) is 152 Å². The van der Waals surface area contributed by atoms with Crippen LogP contribution in [0.4, 0.5) is 5.69 Å². The third kappa shape index (κ3) is 41.9. The van der Waals surface area contributed by atoms with Gasteiger partial charge in [-0.15, -0.1) is 0 Å². The molecule has 0 aliphatic heterocycles. The van der Waals surface area contributed by atoms with Gasteiger partial charge in [0.2, 0.25) is 6.41 Å². The number of carbonyl (C=O) groups excluding carboxylic acids is 1. The van der Waals surface area contributed by atoms with Gasteiger partial charge < -0.3 is 4.90 Å². The molecule has 6 heteroatoms. The second-order valence-corrected chi connectivity index (χ2v) is 11.6. The summed E-state index contributed by atoms with van der Waals surface area (Å²) < 4.78 is 25.9. The van der Waals surface area contributed by atoms with Crippen LogP contribution in [0, 0.1) is 0 Å². The highest BCUT2D eigenvalue weighted by atomic mass is 32.2. The van der Waals surface area contributed by atoms with Crippen molar-refractivity contribution < 1.29 is 17.8 Å². The van der Waals surface area contributed by atoms with E-state index < -0.39 is 10.1 Å². The zero-order valence-electron chi connectivity index (χ0n) is 34.9. The van der Waals surface area contributed by atoms with E-state index in [1.807, 2.05) is 96.1 Å². The molecule has 0 spiro atoms. The molecule has 0 radical (unpaired) electrons. The average Bonchev–Trinajstić information content (AvgIpc) is 3.24. The Morgan fingerprint density at radius 1 is 0.463 bits per heavy atom. The highest BCUT2D eigenvalue weighted by molar-refractivity contribution is 7.85. The Bertz CT molecular complexity index is 1330. The fraction of sp³-hybridized carbons (Fsp3) is 0.354. The second kappa shape index (κ2) is 44.6. The van der Waals surface area contributed by atoms with E-state index in [0.29, 0.717) is 6.26 Å². The van der Waals surface area contributed by atoms with Crippen molar-refractivity contribution in [2.75, 3.05) is 18.2 Å². The maximum Gasteiger partial charge on any atom is 0.261 e. The molecule has 302 valence electrons. The van der Waals surface area contributed by atoms with E-state index in [1.54, 1.807) is 7.05 Å². The van der Waals surface area contributed by atoms with Gasteiger partial charge in [-0.25, -0.2) is 0 Å². The van der Waals surface area contributed by atoms with Gasteiger partial charge in [0.05, 0.1) is 6.26 Å². The largest absolute Gasteiger partial charge is 0.318 e. The minimum absolute atomic E-state index is 0. The molecule has 5 aromatic rings. The molecule has 0 atom stereocenters. The Kier molecular flexibility index (Phi) is 48.6. The third-order valence-corrected chi connectivity index (χ3v) is 6.33. The maximum absolute atomic E-state index is 10.2. The summed E-state index contributed by atoms with van der Waals surface area (Å²) in [5.74, 6) is 0. The van der Waals surface area contributed by atoms with Crippen LogP contribution < -0.4 is 4.90 Å². The highest BCUT2D eigenvalue weighted by Crippen LogP contribution is 2.08. The fourth-order valence-corrected chi connectivity index (χ4v) is 3.58. The Balaban J connectivity index is -0.000000174. The summed E-state index contributed by atoms with van der Waals surface area (Å²) in [6.45, 7) is 20.6. The zero-order chi connectivity index (χ0) is 41.2. The lowest BCUT2D eigenvalue weighted by molar-refractivity contribution is -0.107. The zero-order valence-corrected chi connectivity index (χ0v) is 35.7. The van der Waals surface area contributed by atoms with Gasteiger partial charge in [0, 0.05) is 12.7 Å². The number of benzene rings is 5. The number of carbonyl (C=O) groups is 1. The quantitative estimate of drug-likeness (QED) is 0.138. The van der Waals surface area contributed by atoms with Crippen LogP contribution >= 0.6 is 0 Å². The number of para-hydroxylation sites is 1. The predicted molar refractivity (Wildman–Crippen MR) is 242 cm³/mol. The predicted octanol–water partition coefficient (Wildman–Crippen LogP) is 13.5. The first-order chi connectivity index (χ1) is 25.6. The van der Waals surface area contributed by atoms with Crippen LogP contribution in [0.25, 0.3) is 0 Å². The minimum atomic E-state index is -3.67. The van der Waals surface area contributed by atoms with Gasteiger partial charge in [0.1, 0.15) is 0 Å². The Morgan fingerprint density at radius 2 is 0.630 bits per heavy atom. The molecular formula is C48H75NO4S. The minimum Gasteiger partial charge on any atom is -0.318 e. The molecular weight excluding hydrogens is 687 g/mol. The number of aryl methyl sites for hydroxylation is 4. The van der Waals surface area contributed by atoms with Gasteiger partial charge in [-0.2, -0.15) is 8.42 Å². The van der Waals surface area contributed by atoms with Crippen molar-refractivity contribution in [3.05, 3.63) is 174 Å². The van der Waals surface area contributed by atoms with Crippen LogP contribution in [0.2, 0.25) is 0 Å². The van der Waals surface area contributed by atoms with Crippen molar-refractivity contribution in [2.45, 2.75) is 102 Å². The molecule has 5 rings (SSSR count). The molecule has 5 aromatic carbocycles. The Morgan fingerprint density at radius 3 is 0.759 bits per heavy atom. The number of hydrogen-bond acceptors (Lipinski definition) is 3. The lowest BCUT2D eigenvalue weighted by atomic mass is 10.2.